The maximum absolute atomic E-state index is 13.0. The highest BCUT2D eigenvalue weighted by molar-refractivity contribution is 7.89. The molecule has 1 aliphatic rings. The van der Waals surface area contributed by atoms with Crippen molar-refractivity contribution >= 4 is 15.9 Å². The van der Waals surface area contributed by atoms with Gasteiger partial charge in [-0.3, -0.25) is 4.79 Å². The lowest BCUT2D eigenvalue weighted by atomic mass is 9.96. The van der Waals surface area contributed by atoms with E-state index in [0.717, 1.165) is 16.7 Å². The Morgan fingerprint density at radius 1 is 1.07 bits per heavy atom. The molecule has 0 radical (unpaired) electrons. The quantitative estimate of drug-likeness (QED) is 0.834. The van der Waals surface area contributed by atoms with Crippen molar-refractivity contribution in [2.24, 2.45) is 5.92 Å². The Balaban J connectivity index is 1.62. The Morgan fingerprint density at radius 3 is 2.36 bits per heavy atom. The second-order valence-electron chi connectivity index (χ2n) is 7.59. The van der Waals surface area contributed by atoms with Gasteiger partial charge in [0.25, 0.3) is 0 Å². The van der Waals surface area contributed by atoms with E-state index in [1.54, 1.807) is 6.07 Å². The van der Waals surface area contributed by atoms with Crippen molar-refractivity contribution < 1.29 is 13.2 Å². The van der Waals surface area contributed by atoms with Crippen molar-refractivity contribution in [1.82, 2.24) is 9.62 Å². The zero-order chi connectivity index (χ0) is 20.3. The fourth-order valence-electron chi connectivity index (χ4n) is 3.64. The third kappa shape index (κ3) is 4.45. The lowest BCUT2D eigenvalue weighted by molar-refractivity contribution is -0.126. The molecule has 1 heterocycles. The number of aryl methyl sites for hydroxylation is 2. The number of sulfonamides is 1. The summed E-state index contributed by atoms with van der Waals surface area (Å²) in [6.07, 6.45) is 1.08. The minimum absolute atomic E-state index is 0.000127. The molecule has 0 saturated carbocycles. The lowest BCUT2D eigenvalue weighted by Gasteiger charge is -2.31. The molecule has 1 amide bonds. The molecule has 0 aromatic heterocycles. The maximum Gasteiger partial charge on any atom is 0.243 e. The number of rotatable bonds is 5. The van der Waals surface area contributed by atoms with Crippen LogP contribution in [0.2, 0.25) is 0 Å². The first-order chi connectivity index (χ1) is 13.3. The third-order valence-corrected chi connectivity index (χ3v) is 7.49. The Morgan fingerprint density at radius 2 is 1.71 bits per heavy atom. The fourth-order valence-corrected chi connectivity index (χ4v) is 5.42. The number of benzene rings is 2. The average Bonchev–Trinajstić information content (AvgIpc) is 2.70. The minimum Gasteiger partial charge on any atom is -0.349 e. The topological polar surface area (TPSA) is 66.5 Å². The van der Waals surface area contributed by atoms with Gasteiger partial charge >= 0.3 is 0 Å². The van der Waals surface area contributed by atoms with Gasteiger partial charge in [0.05, 0.1) is 10.9 Å². The van der Waals surface area contributed by atoms with Crippen molar-refractivity contribution in [3.8, 4) is 0 Å². The van der Waals surface area contributed by atoms with Crippen molar-refractivity contribution in [3.05, 3.63) is 65.2 Å². The van der Waals surface area contributed by atoms with Crippen LogP contribution in [-0.2, 0) is 14.8 Å². The van der Waals surface area contributed by atoms with Crippen LogP contribution in [0.25, 0.3) is 0 Å². The SMILES string of the molecule is Cc1ccc(C)c(S(=O)(=O)N2CCC(C(=O)N[C@@H](C)c3ccccc3)CC2)c1. The molecular weight excluding hydrogens is 372 g/mol. The van der Waals surface area contributed by atoms with E-state index in [-0.39, 0.29) is 17.9 Å². The molecule has 1 fully saturated rings. The van der Waals surface area contributed by atoms with Crippen LogP contribution in [0.5, 0.6) is 0 Å². The molecule has 1 atom stereocenters. The second kappa shape index (κ2) is 8.45. The highest BCUT2D eigenvalue weighted by Crippen LogP contribution is 2.27. The lowest BCUT2D eigenvalue weighted by Crippen LogP contribution is -2.43. The first kappa shape index (κ1) is 20.6. The second-order valence-corrected chi connectivity index (χ2v) is 9.49. The van der Waals surface area contributed by atoms with Crippen LogP contribution in [-0.4, -0.2) is 31.7 Å². The van der Waals surface area contributed by atoms with Gasteiger partial charge in [0, 0.05) is 19.0 Å². The molecule has 28 heavy (non-hydrogen) atoms. The average molecular weight is 401 g/mol. The summed E-state index contributed by atoms with van der Waals surface area (Å²) >= 11 is 0. The van der Waals surface area contributed by atoms with Crippen LogP contribution in [0, 0.1) is 19.8 Å². The van der Waals surface area contributed by atoms with Crippen LogP contribution < -0.4 is 5.32 Å². The van der Waals surface area contributed by atoms with Gasteiger partial charge in [0.15, 0.2) is 0 Å². The Bertz CT molecular complexity index is 934. The highest BCUT2D eigenvalue weighted by Gasteiger charge is 2.33. The van der Waals surface area contributed by atoms with Crippen molar-refractivity contribution in [2.75, 3.05) is 13.1 Å². The van der Waals surface area contributed by atoms with E-state index in [2.05, 4.69) is 5.32 Å². The minimum atomic E-state index is -3.53. The number of hydrogen-bond acceptors (Lipinski definition) is 3. The smallest absolute Gasteiger partial charge is 0.243 e. The first-order valence-electron chi connectivity index (χ1n) is 9.72. The summed E-state index contributed by atoms with van der Waals surface area (Å²) in [6, 6.07) is 15.3. The summed E-state index contributed by atoms with van der Waals surface area (Å²) in [5.41, 5.74) is 2.74. The molecule has 1 N–H and O–H groups in total. The Labute approximate surface area is 167 Å². The normalized spacial score (nSPS) is 17.2. The standard InChI is InChI=1S/C22H28N2O3S/c1-16-9-10-17(2)21(15-16)28(26,27)24-13-11-20(12-14-24)22(25)23-18(3)19-7-5-4-6-8-19/h4-10,15,18,20H,11-14H2,1-3H3,(H,23,25)/t18-/m0/s1. The maximum atomic E-state index is 13.0. The van der Waals surface area contributed by atoms with Gasteiger partial charge < -0.3 is 5.32 Å². The van der Waals surface area contributed by atoms with Gasteiger partial charge in [-0.2, -0.15) is 4.31 Å². The Hall–Kier alpha value is -2.18. The molecule has 0 aliphatic carbocycles. The number of piperidine rings is 1. The van der Waals surface area contributed by atoms with Crippen molar-refractivity contribution in [2.45, 2.75) is 44.6 Å². The molecule has 2 aromatic carbocycles. The number of carbonyl (C=O) groups is 1. The predicted octanol–water partition coefficient (Wildman–Crippen LogP) is 3.58. The number of hydrogen-bond donors (Lipinski definition) is 1. The van der Waals surface area contributed by atoms with Gasteiger partial charge in [0.1, 0.15) is 0 Å². The summed E-state index contributed by atoms with van der Waals surface area (Å²) in [5.74, 6) is -0.156. The molecule has 0 bridgehead atoms. The fraction of sp³-hybridized carbons (Fsp3) is 0.409. The van der Waals surface area contributed by atoms with Crippen LogP contribution in [0.15, 0.2) is 53.4 Å². The molecule has 6 heteroatoms. The predicted molar refractivity (Wildman–Crippen MR) is 110 cm³/mol. The Kier molecular flexibility index (Phi) is 6.20. The van der Waals surface area contributed by atoms with Gasteiger partial charge in [-0.05, 0) is 56.4 Å². The summed E-state index contributed by atoms with van der Waals surface area (Å²) in [4.78, 5) is 13.0. The first-order valence-corrected chi connectivity index (χ1v) is 11.2. The molecule has 1 aliphatic heterocycles. The summed E-state index contributed by atoms with van der Waals surface area (Å²) in [5, 5.41) is 3.06. The zero-order valence-electron chi connectivity index (χ0n) is 16.7. The molecular formula is C22H28N2O3S. The highest BCUT2D eigenvalue weighted by atomic mass is 32.2. The van der Waals surface area contributed by atoms with Gasteiger partial charge in [-0.15, -0.1) is 0 Å². The zero-order valence-corrected chi connectivity index (χ0v) is 17.5. The molecule has 3 rings (SSSR count). The van der Waals surface area contributed by atoms with E-state index in [9.17, 15) is 13.2 Å². The number of amides is 1. The number of nitrogens with zero attached hydrogens (tertiary/aromatic N) is 1. The van der Waals surface area contributed by atoms with E-state index in [1.807, 2.05) is 63.2 Å². The van der Waals surface area contributed by atoms with Crippen LogP contribution >= 0.6 is 0 Å². The van der Waals surface area contributed by atoms with E-state index in [4.69, 9.17) is 0 Å². The van der Waals surface area contributed by atoms with E-state index in [0.29, 0.717) is 30.8 Å². The van der Waals surface area contributed by atoms with Gasteiger partial charge in [-0.1, -0.05) is 42.5 Å². The summed E-state index contributed by atoms with van der Waals surface area (Å²) in [7, 11) is -3.53. The van der Waals surface area contributed by atoms with E-state index in [1.165, 1.54) is 4.31 Å². The van der Waals surface area contributed by atoms with Crippen LogP contribution in [0.1, 0.15) is 42.5 Å². The number of nitrogens with one attached hydrogen (secondary N) is 1. The third-order valence-electron chi connectivity index (χ3n) is 5.44. The van der Waals surface area contributed by atoms with E-state index >= 15 is 0 Å². The van der Waals surface area contributed by atoms with Gasteiger partial charge in [0.2, 0.25) is 15.9 Å². The van der Waals surface area contributed by atoms with Crippen molar-refractivity contribution in [3.63, 3.8) is 0 Å². The molecule has 1 saturated heterocycles. The summed E-state index contributed by atoms with van der Waals surface area (Å²) in [6.45, 7) is 6.41. The largest absolute Gasteiger partial charge is 0.349 e. The molecule has 5 nitrogen and oxygen atoms in total. The van der Waals surface area contributed by atoms with Crippen LogP contribution in [0.3, 0.4) is 0 Å². The van der Waals surface area contributed by atoms with Gasteiger partial charge in [-0.25, -0.2) is 8.42 Å². The van der Waals surface area contributed by atoms with E-state index < -0.39 is 10.0 Å². The van der Waals surface area contributed by atoms with Crippen molar-refractivity contribution in [1.29, 1.82) is 0 Å². The molecule has 2 aromatic rings. The molecule has 150 valence electrons. The summed E-state index contributed by atoms with van der Waals surface area (Å²) < 4.78 is 27.6. The number of carbonyl (C=O) groups excluding carboxylic acids is 1. The molecule has 0 spiro atoms. The monoisotopic (exact) mass is 400 g/mol. The molecule has 0 unspecified atom stereocenters. The van der Waals surface area contributed by atoms with Crippen LogP contribution in [0.4, 0.5) is 0 Å².